The van der Waals surface area contributed by atoms with Crippen molar-refractivity contribution in [2.45, 2.75) is 64.5 Å². The van der Waals surface area contributed by atoms with E-state index in [4.69, 9.17) is 11.5 Å². The van der Waals surface area contributed by atoms with Gasteiger partial charge in [0.2, 0.25) is 24.1 Å². The summed E-state index contributed by atoms with van der Waals surface area (Å²) in [6.45, 7) is 3.90. The maximum absolute atomic E-state index is 12.5. The third-order valence-corrected chi connectivity index (χ3v) is 4.56. The maximum atomic E-state index is 12.5. The molecule has 0 heterocycles. The summed E-state index contributed by atoms with van der Waals surface area (Å²) in [5, 5.41) is 9.92. The van der Waals surface area contributed by atoms with E-state index in [9.17, 15) is 24.0 Å². The summed E-state index contributed by atoms with van der Waals surface area (Å²) < 4.78 is 0. The highest BCUT2D eigenvalue weighted by molar-refractivity contribution is 5.93. The highest BCUT2D eigenvalue weighted by atomic mass is 16.2. The van der Waals surface area contributed by atoms with Gasteiger partial charge in [0.15, 0.2) is 5.78 Å². The summed E-state index contributed by atoms with van der Waals surface area (Å²) in [5.74, 6) is -1.85. The lowest BCUT2D eigenvalue weighted by Crippen LogP contribution is -2.52. The number of nitrogens with one attached hydrogen (secondary N) is 4. The van der Waals surface area contributed by atoms with Crippen LogP contribution in [0.25, 0.3) is 0 Å². The fourth-order valence-corrected chi connectivity index (χ4v) is 2.86. The van der Waals surface area contributed by atoms with Gasteiger partial charge in [-0.05, 0) is 51.6 Å². The van der Waals surface area contributed by atoms with Gasteiger partial charge in [0.25, 0.3) is 0 Å². The summed E-state index contributed by atoms with van der Waals surface area (Å²) in [6, 6.07) is -1.50. The normalized spacial score (nSPS) is 12.5. The molecular formula is C20H38N6O5. The Hall–Kier alpha value is -2.53. The quantitative estimate of drug-likeness (QED) is 0.108. The summed E-state index contributed by atoms with van der Waals surface area (Å²) in [4.78, 5) is 59.3. The molecule has 178 valence electrons. The minimum Gasteiger partial charge on any atom is -0.350 e. The highest BCUT2D eigenvalue weighted by Crippen LogP contribution is 2.08. The smallest absolute Gasteiger partial charge is 0.243 e. The Morgan fingerprint density at radius 3 is 1.84 bits per heavy atom. The van der Waals surface area contributed by atoms with Crippen LogP contribution in [0.15, 0.2) is 0 Å². The van der Waals surface area contributed by atoms with Crippen LogP contribution in [-0.4, -0.2) is 68.2 Å². The number of unbranched alkanes of at least 4 members (excludes halogenated alkanes) is 2. The average molecular weight is 443 g/mol. The molecule has 4 amide bonds. The number of nitrogens with two attached hydrogens (primary N) is 2. The van der Waals surface area contributed by atoms with Crippen LogP contribution in [0.5, 0.6) is 0 Å². The zero-order valence-electron chi connectivity index (χ0n) is 18.6. The monoisotopic (exact) mass is 442 g/mol. The number of carbonyl (C=O) groups is 5. The molecule has 0 saturated heterocycles. The van der Waals surface area contributed by atoms with E-state index in [0.29, 0.717) is 51.6 Å². The molecule has 0 aliphatic carbocycles. The van der Waals surface area contributed by atoms with Gasteiger partial charge in [-0.3, -0.25) is 24.0 Å². The number of carbonyl (C=O) groups excluding carboxylic acids is 5. The van der Waals surface area contributed by atoms with Crippen LogP contribution in [0.4, 0.5) is 0 Å². The predicted molar refractivity (Wildman–Crippen MR) is 117 cm³/mol. The van der Waals surface area contributed by atoms with Gasteiger partial charge in [-0.25, -0.2) is 0 Å². The van der Waals surface area contributed by atoms with Crippen LogP contribution in [0.3, 0.4) is 0 Å². The second kappa shape index (κ2) is 17.2. The van der Waals surface area contributed by atoms with Crippen molar-refractivity contribution in [3.63, 3.8) is 0 Å². The number of amides is 4. The third-order valence-electron chi connectivity index (χ3n) is 4.56. The van der Waals surface area contributed by atoms with Gasteiger partial charge < -0.3 is 32.7 Å². The van der Waals surface area contributed by atoms with Crippen molar-refractivity contribution < 1.29 is 24.0 Å². The molecule has 11 nitrogen and oxygen atoms in total. The second-order valence-electron chi connectivity index (χ2n) is 7.58. The Bertz CT molecular complexity index is 584. The maximum Gasteiger partial charge on any atom is 0.243 e. The Morgan fingerprint density at radius 2 is 1.32 bits per heavy atom. The molecule has 0 aromatic heterocycles. The van der Waals surface area contributed by atoms with Gasteiger partial charge >= 0.3 is 0 Å². The third kappa shape index (κ3) is 13.4. The van der Waals surface area contributed by atoms with Crippen molar-refractivity contribution in [1.29, 1.82) is 0 Å². The molecule has 11 heteroatoms. The minimum atomic E-state index is -0.863. The van der Waals surface area contributed by atoms with Crippen LogP contribution < -0.4 is 32.7 Å². The predicted octanol–water partition coefficient (Wildman–Crippen LogP) is -1.70. The highest BCUT2D eigenvalue weighted by Gasteiger charge is 2.24. The number of ketones is 1. The van der Waals surface area contributed by atoms with E-state index in [1.165, 1.54) is 0 Å². The Kier molecular flexibility index (Phi) is 15.8. The molecule has 0 aromatic carbocycles. The molecule has 0 radical (unpaired) electrons. The largest absolute Gasteiger partial charge is 0.350 e. The van der Waals surface area contributed by atoms with E-state index < -0.39 is 29.8 Å². The molecular weight excluding hydrogens is 404 g/mol. The number of rotatable bonds is 18. The van der Waals surface area contributed by atoms with Crippen molar-refractivity contribution >= 4 is 29.9 Å². The van der Waals surface area contributed by atoms with Gasteiger partial charge in [0.05, 0.1) is 19.1 Å². The first-order chi connectivity index (χ1) is 14.8. The second-order valence-corrected chi connectivity index (χ2v) is 7.58. The molecule has 31 heavy (non-hydrogen) atoms. The van der Waals surface area contributed by atoms with Gasteiger partial charge in [-0.1, -0.05) is 13.8 Å². The molecule has 0 saturated carbocycles. The summed E-state index contributed by atoms with van der Waals surface area (Å²) in [5.41, 5.74) is 11.0. The van der Waals surface area contributed by atoms with Crippen molar-refractivity contribution in [2.75, 3.05) is 26.2 Å². The SMILES string of the molecule is CC(C)C(=O)C(CCCCN)NC(=O)CNC(=O)C(CCCCN)NC(=O)CNC=O. The lowest BCUT2D eigenvalue weighted by Gasteiger charge is -2.21. The van der Waals surface area contributed by atoms with E-state index in [-0.39, 0.29) is 24.8 Å². The molecule has 2 unspecified atom stereocenters. The van der Waals surface area contributed by atoms with Gasteiger partial charge in [0, 0.05) is 5.92 Å². The van der Waals surface area contributed by atoms with E-state index in [1.807, 2.05) is 0 Å². The van der Waals surface area contributed by atoms with Gasteiger partial charge in [-0.15, -0.1) is 0 Å². The Balaban J connectivity index is 4.81. The van der Waals surface area contributed by atoms with E-state index >= 15 is 0 Å². The first-order valence-electron chi connectivity index (χ1n) is 10.7. The Morgan fingerprint density at radius 1 is 0.806 bits per heavy atom. The van der Waals surface area contributed by atoms with Crippen LogP contribution in [0.1, 0.15) is 52.4 Å². The molecule has 8 N–H and O–H groups in total. The van der Waals surface area contributed by atoms with E-state index in [1.54, 1.807) is 13.8 Å². The number of Topliss-reactive ketones (excluding diaryl/α,β-unsaturated/α-hetero) is 1. The summed E-state index contributed by atoms with van der Waals surface area (Å²) in [6.07, 6.45) is 3.94. The van der Waals surface area contributed by atoms with Crippen LogP contribution in [-0.2, 0) is 24.0 Å². The standard InChI is InChI=1S/C20H38N6O5/c1-14(2)19(30)15(7-3-5-9-21)25-18(29)12-24-20(31)16(8-4-6-10-22)26-17(28)11-23-13-27/h13-16H,3-12,21-22H2,1-2H3,(H,23,27)(H,24,31)(H,25,29)(H,26,28). The molecule has 0 fully saturated rings. The molecule has 0 aromatic rings. The molecule has 0 aliphatic heterocycles. The molecule has 2 atom stereocenters. The first-order valence-corrected chi connectivity index (χ1v) is 10.7. The fraction of sp³-hybridized carbons (Fsp3) is 0.750. The number of hydrogen-bond donors (Lipinski definition) is 6. The minimum absolute atomic E-state index is 0.0775. The van der Waals surface area contributed by atoms with Gasteiger partial charge in [-0.2, -0.15) is 0 Å². The van der Waals surface area contributed by atoms with E-state index in [2.05, 4.69) is 21.3 Å². The van der Waals surface area contributed by atoms with Crippen molar-refractivity contribution in [3.05, 3.63) is 0 Å². The molecule has 0 rings (SSSR count). The molecule has 0 spiro atoms. The zero-order chi connectivity index (χ0) is 23.6. The summed E-state index contributed by atoms with van der Waals surface area (Å²) >= 11 is 0. The number of hydrogen-bond acceptors (Lipinski definition) is 7. The molecule has 0 aliphatic rings. The van der Waals surface area contributed by atoms with Gasteiger partial charge in [0.1, 0.15) is 6.04 Å². The van der Waals surface area contributed by atoms with Crippen LogP contribution in [0, 0.1) is 5.92 Å². The van der Waals surface area contributed by atoms with Crippen LogP contribution >= 0.6 is 0 Å². The van der Waals surface area contributed by atoms with Crippen molar-refractivity contribution in [2.24, 2.45) is 17.4 Å². The first kappa shape index (κ1) is 28.5. The van der Waals surface area contributed by atoms with Crippen molar-refractivity contribution in [1.82, 2.24) is 21.3 Å². The summed E-state index contributed by atoms with van der Waals surface area (Å²) in [7, 11) is 0. The fourth-order valence-electron chi connectivity index (χ4n) is 2.86. The van der Waals surface area contributed by atoms with E-state index in [0.717, 1.165) is 6.42 Å². The molecule has 0 bridgehead atoms. The lowest BCUT2D eigenvalue weighted by atomic mass is 9.97. The van der Waals surface area contributed by atoms with Crippen molar-refractivity contribution in [3.8, 4) is 0 Å². The average Bonchev–Trinajstić information content (AvgIpc) is 2.74. The zero-order valence-corrected chi connectivity index (χ0v) is 18.6. The van der Waals surface area contributed by atoms with Crippen LogP contribution in [0.2, 0.25) is 0 Å². The topological polar surface area (TPSA) is 186 Å². The Labute approximate surface area is 183 Å². The lowest BCUT2D eigenvalue weighted by molar-refractivity contribution is -0.132.